The fourth-order valence-electron chi connectivity index (χ4n) is 2.14. The third-order valence-corrected chi connectivity index (χ3v) is 3.68. The summed E-state index contributed by atoms with van der Waals surface area (Å²) in [7, 11) is 1.51. The van der Waals surface area contributed by atoms with E-state index in [2.05, 4.69) is 5.32 Å². The fraction of sp³-hybridized carbons (Fsp3) is 0.263. The third-order valence-electron chi connectivity index (χ3n) is 3.44. The maximum absolute atomic E-state index is 12.2. The van der Waals surface area contributed by atoms with Crippen molar-refractivity contribution in [3.63, 3.8) is 0 Å². The van der Waals surface area contributed by atoms with E-state index >= 15 is 0 Å². The second-order valence-corrected chi connectivity index (χ2v) is 6.01. The smallest absolute Gasteiger partial charge is 0.344 e. The minimum Gasteiger partial charge on any atom is -0.495 e. The molecule has 0 radical (unpaired) electrons. The molecule has 0 saturated carbocycles. The average Bonchev–Trinajstić information content (AvgIpc) is 2.60. The summed E-state index contributed by atoms with van der Waals surface area (Å²) in [6.45, 7) is 3.05. The molecule has 1 unspecified atom stereocenters. The van der Waals surface area contributed by atoms with Crippen LogP contribution in [0.3, 0.4) is 0 Å². The number of rotatable bonds is 7. The molecular formula is C19H20ClNO5. The standard InChI is InChI=1S/C19H20ClNO5/c1-12-7-8-17(24-3)16(9-12)21-19(23)13(2)26-18(22)11-25-15-6-4-5-14(20)10-15/h4-10,13H,11H2,1-3H3,(H,21,23). The van der Waals surface area contributed by atoms with Crippen molar-refractivity contribution in [3.8, 4) is 11.5 Å². The highest BCUT2D eigenvalue weighted by Crippen LogP contribution is 2.25. The topological polar surface area (TPSA) is 73.9 Å². The Labute approximate surface area is 157 Å². The number of carbonyl (C=O) groups excluding carboxylic acids is 2. The van der Waals surface area contributed by atoms with Gasteiger partial charge in [-0.15, -0.1) is 0 Å². The van der Waals surface area contributed by atoms with E-state index in [4.69, 9.17) is 25.8 Å². The van der Waals surface area contributed by atoms with Crippen molar-refractivity contribution in [2.24, 2.45) is 0 Å². The minimum atomic E-state index is -0.990. The molecule has 0 heterocycles. The number of hydrogen-bond acceptors (Lipinski definition) is 5. The van der Waals surface area contributed by atoms with Crippen molar-refractivity contribution in [2.45, 2.75) is 20.0 Å². The van der Waals surface area contributed by atoms with E-state index in [-0.39, 0.29) is 6.61 Å². The first-order valence-electron chi connectivity index (χ1n) is 7.92. The Kier molecular flexibility index (Phi) is 6.86. The average molecular weight is 378 g/mol. The molecule has 0 fully saturated rings. The first-order valence-corrected chi connectivity index (χ1v) is 8.30. The van der Waals surface area contributed by atoms with Crippen LogP contribution in [0.25, 0.3) is 0 Å². The highest BCUT2D eigenvalue weighted by Gasteiger charge is 2.19. The van der Waals surface area contributed by atoms with Crippen LogP contribution in [0.1, 0.15) is 12.5 Å². The van der Waals surface area contributed by atoms with Crippen LogP contribution < -0.4 is 14.8 Å². The van der Waals surface area contributed by atoms with Gasteiger partial charge in [0.15, 0.2) is 12.7 Å². The van der Waals surface area contributed by atoms with Crippen LogP contribution in [-0.2, 0) is 14.3 Å². The van der Waals surface area contributed by atoms with Gasteiger partial charge in [-0.05, 0) is 49.7 Å². The molecule has 1 N–H and O–H groups in total. The molecule has 0 aliphatic rings. The molecule has 2 aromatic rings. The van der Waals surface area contributed by atoms with Gasteiger partial charge in [-0.25, -0.2) is 4.79 Å². The Hall–Kier alpha value is -2.73. The maximum atomic E-state index is 12.2. The number of aryl methyl sites for hydroxylation is 1. The molecule has 0 spiro atoms. The molecule has 0 saturated heterocycles. The zero-order valence-electron chi connectivity index (χ0n) is 14.7. The Morgan fingerprint density at radius 3 is 2.65 bits per heavy atom. The molecule has 0 bridgehead atoms. The molecule has 1 amide bonds. The summed E-state index contributed by atoms with van der Waals surface area (Å²) < 4.78 is 15.6. The summed E-state index contributed by atoms with van der Waals surface area (Å²) in [4.78, 5) is 24.1. The highest BCUT2D eigenvalue weighted by atomic mass is 35.5. The zero-order valence-corrected chi connectivity index (χ0v) is 15.5. The Bertz CT molecular complexity index is 793. The Balaban J connectivity index is 1.88. The Morgan fingerprint density at radius 1 is 1.19 bits per heavy atom. The van der Waals surface area contributed by atoms with E-state index in [1.807, 2.05) is 13.0 Å². The van der Waals surface area contributed by atoms with Gasteiger partial charge in [-0.1, -0.05) is 23.7 Å². The van der Waals surface area contributed by atoms with Gasteiger partial charge in [-0.3, -0.25) is 4.79 Å². The van der Waals surface area contributed by atoms with Gasteiger partial charge >= 0.3 is 5.97 Å². The van der Waals surface area contributed by atoms with Crippen molar-refractivity contribution in [2.75, 3.05) is 19.0 Å². The van der Waals surface area contributed by atoms with E-state index < -0.39 is 18.0 Å². The van der Waals surface area contributed by atoms with Gasteiger partial charge in [0.05, 0.1) is 12.8 Å². The number of anilines is 1. The van der Waals surface area contributed by atoms with Crippen molar-refractivity contribution >= 4 is 29.2 Å². The van der Waals surface area contributed by atoms with Gasteiger partial charge in [0, 0.05) is 5.02 Å². The van der Waals surface area contributed by atoms with Crippen LogP contribution in [0.2, 0.25) is 5.02 Å². The van der Waals surface area contributed by atoms with Gasteiger partial charge in [0.2, 0.25) is 0 Å². The first-order chi connectivity index (χ1) is 12.4. The summed E-state index contributed by atoms with van der Waals surface area (Å²) in [6.07, 6.45) is -0.990. The van der Waals surface area contributed by atoms with Crippen LogP contribution in [0, 0.1) is 6.92 Å². The van der Waals surface area contributed by atoms with E-state index in [0.717, 1.165) is 5.56 Å². The number of esters is 1. The lowest BCUT2D eigenvalue weighted by molar-refractivity contribution is -0.155. The monoisotopic (exact) mass is 377 g/mol. The molecule has 1 atom stereocenters. The lowest BCUT2D eigenvalue weighted by atomic mass is 10.2. The van der Waals surface area contributed by atoms with Gasteiger partial charge in [-0.2, -0.15) is 0 Å². The quantitative estimate of drug-likeness (QED) is 0.746. The summed E-state index contributed by atoms with van der Waals surface area (Å²) in [5, 5.41) is 3.19. The van der Waals surface area contributed by atoms with E-state index in [1.54, 1.807) is 36.4 Å². The van der Waals surface area contributed by atoms with Gasteiger partial charge < -0.3 is 19.5 Å². The van der Waals surface area contributed by atoms with Crippen molar-refractivity contribution in [3.05, 3.63) is 53.1 Å². The second-order valence-electron chi connectivity index (χ2n) is 5.57. The van der Waals surface area contributed by atoms with Crippen LogP contribution >= 0.6 is 11.6 Å². The SMILES string of the molecule is COc1ccc(C)cc1NC(=O)C(C)OC(=O)COc1cccc(Cl)c1. The molecule has 0 aliphatic carbocycles. The summed E-state index contributed by atoms with van der Waals surface area (Å²) in [5.74, 6) is -0.170. The zero-order chi connectivity index (χ0) is 19.1. The number of amides is 1. The normalized spacial score (nSPS) is 11.4. The highest BCUT2D eigenvalue weighted by molar-refractivity contribution is 6.30. The van der Waals surface area contributed by atoms with E-state index in [0.29, 0.717) is 22.2 Å². The Morgan fingerprint density at radius 2 is 1.96 bits per heavy atom. The lowest BCUT2D eigenvalue weighted by Crippen LogP contribution is -2.31. The van der Waals surface area contributed by atoms with E-state index in [9.17, 15) is 9.59 Å². The van der Waals surface area contributed by atoms with Crippen molar-refractivity contribution < 1.29 is 23.8 Å². The van der Waals surface area contributed by atoms with Gasteiger partial charge in [0.1, 0.15) is 11.5 Å². The number of nitrogens with one attached hydrogen (secondary N) is 1. The molecule has 26 heavy (non-hydrogen) atoms. The molecule has 7 heteroatoms. The predicted molar refractivity (Wildman–Crippen MR) is 98.9 cm³/mol. The fourth-order valence-corrected chi connectivity index (χ4v) is 2.32. The number of halogens is 1. The molecule has 2 aromatic carbocycles. The number of hydrogen-bond donors (Lipinski definition) is 1. The second kappa shape index (κ2) is 9.10. The number of methoxy groups -OCH3 is 1. The molecule has 138 valence electrons. The van der Waals surface area contributed by atoms with Crippen LogP contribution in [0.15, 0.2) is 42.5 Å². The largest absolute Gasteiger partial charge is 0.495 e. The maximum Gasteiger partial charge on any atom is 0.344 e. The number of benzene rings is 2. The molecule has 0 aromatic heterocycles. The van der Waals surface area contributed by atoms with Crippen molar-refractivity contribution in [1.82, 2.24) is 0 Å². The first kappa shape index (κ1) is 19.6. The van der Waals surface area contributed by atoms with Crippen LogP contribution in [0.4, 0.5) is 5.69 Å². The van der Waals surface area contributed by atoms with Gasteiger partial charge in [0.25, 0.3) is 5.91 Å². The minimum absolute atomic E-state index is 0.328. The molecule has 0 aliphatic heterocycles. The summed E-state index contributed by atoms with van der Waals surface area (Å²) >= 11 is 5.84. The predicted octanol–water partition coefficient (Wildman–Crippen LogP) is 3.61. The molecular weight excluding hydrogens is 358 g/mol. The van der Waals surface area contributed by atoms with E-state index in [1.165, 1.54) is 14.0 Å². The summed E-state index contributed by atoms with van der Waals surface area (Å²) in [6, 6.07) is 12.0. The summed E-state index contributed by atoms with van der Waals surface area (Å²) in [5.41, 5.74) is 1.47. The molecule has 6 nitrogen and oxygen atoms in total. The van der Waals surface area contributed by atoms with Crippen molar-refractivity contribution in [1.29, 1.82) is 0 Å². The molecule has 2 rings (SSSR count). The number of ether oxygens (including phenoxy) is 3. The lowest BCUT2D eigenvalue weighted by Gasteiger charge is -2.16. The van der Waals surface area contributed by atoms with Crippen LogP contribution in [0.5, 0.6) is 11.5 Å². The number of carbonyl (C=O) groups is 2. The van der Waals surface area contributed by atoms with Crippen LogP contribution in [-0.4, -0.2) is 31.7 Å². The third kappa shape index (κ3) is 5.67.